The zero-order valence-electron chi connectivity index (χ0n) is 22.2. The molecule has 4 rings (SSSR count). The summed E-state index contributed by atoms with van der Waals surface area (Å²) in [4.78, 5) is 34.5. The summed E-state index contributed by atoms with van der Waals surface area (Å²) in [7, 11) is 0. The van der Waals surface area contributed by atoms with Crippen LogP contribution in [0.4, 0.5) is 11.4 Å². The first-order valence-electron chi connectivity index (χ1n) is 12.4. The number of amides is 1. The smallest absolute Gasteiger partial charge is 0.336 e. The summed E-state index contributed by atoms with van der Waals surface area (Å²) >= 11 is -1.92. The van der Waals surface area contributed by atoms with Gasteiger partial charge in [0.1, 0.15) is 19.0 Å². The Kier molecular flexibility index (Phi) is 9.82. The van der Waals surface area contributed by atoms with Crippen molar-refractivity contribution in [1.29, 1.82) is 0 Å². The molecule has 1 amide bonds. The van der Waals surface area contributed by atoms with Gasteiger partial charge >= 0.3 is 5.97 Å². The number of aromatic carboxylic acids is 1. The Labute approximate surface area is 239 Å². The molecule has 0 spiro atoms. The maximum absolute atomic E-state index is 13.0. The van der Waals surface area contributed by atoms with E-state index in [1.54, 1.807) is 55.5 Å². The van der Waals surface area contributed by atoms with Gasteiger partial charge in [0.05, 0.1) is 21.7 Å². The van der Waals surface area contributed by atoms with Crippen molar-refractivity contribution >= 4 is 34.3 Å². The molecular formula is C30H28N2O8S. The zero-order valence-corrected chi connectivity index (χ0v) is 23.1. The van der Waals surface area contributed by atoms with Gasteiger partial charge in [0.2, 0.25) is 11.1 Å². The van der Waals surface area contributed by atoms with Crippen LogP contribution in [-0.4, -0.2) is 26.4 Å². The van der Waals surface area contributed by atoms with Gasteiger partial charge in [0.15, 0.2) is 0 Å². The molecule has 0 aliphatic heterocycles. The number of anilines is 2. The van der Waals surface area contributed by atoms with Crippen molar-refractivity contribution in [3.63, 3.8) is 0 Å². The highest BCUT2D eigenvalue weighted by atomic mass is 32.2. The lowest BCUT2D eigenvalue weighted by molar-refractivity contribution is -0.253. The second kappa shape index (κ2) is 13.7. The highest BCUT2D eigenvalue weighted by Crippen LogP contribution is 2.23. The van der Waals surface area contributed by atoms with E-state index < -0.39 is 23.0 Å². The predicted octanol–water partition coefficient (Wildman–Crippen LogP) is 5.89. The third-order valence-corrected chi connectivity index (χ3v) is 6.92. The number of carbonyl (C=O) groups excluding carboxylic acids is 1. The summed E-state index contributed by atoms with van der Waals surface area (Å²) < 4.78 is 18.6. The van der Waals surface area contributed by atoms with E-state index >= 15 is 0 Å². The molecule has 4 N–H and O–H groups in total. The van der Waals surface area contributed by atoms with Crippen LogP contribution < -0.4 is 15.0 Å². The summed E-state index contributed by atoms with van der Waals surface area (Å²) in [6.07, 6.45) is 0. The molecule has 1 atom stereocenters. The third-order valence-electron chi connectivity index (χ3n) is 5.94. The molecule has 11 heteroatoms. The van der Waals surface area contributed by atoms with Crippen LogP contribution in [0.1, 0.15) is 43.0 Å². The van der Waals surface area contributed by atoms with Gasteiger partial charge in [0.25, 0.3) is 5.91 Å². The van der Waals surface area contributed by atoms with Crippen LogP contribution >= 0.6 is 0 Å². The number of hydrogen-bond acceptors (Lipinski definition) is 8. The molecule has 0 aromatic heterocycles. The summed E-state index contributed by atoms with van der Waals surface area (Å²) in [5.41, 5.74) is 7.01. The zero-order chi connectivity index (χ0) is 29.4. The average molecular weight is 577 g/mol. The Balaban J connectivity index is 1.39. The van der Waals surface area contributed by atoms with Crippen LogP contribution in [0.15, 0.2) is 89.8 Å². The lowest BCUT2D eigenvalue weighted by Crippen LogP contribution is -2.17. The van der Waals surface area contributed by atoms with E-state index in [-0.39, 0.29) is 29.2 Å². The maximum Gasteiger partial charge on any atom is 0.336 e. The molecule has 10 nitrogen and oxygen atoms in total. The standard InChI is InChI=1S/C30H28N2O8S/c1-19-9-11-21(18-39-36)22(13-19)17-38-32-24-6-3-7-25(15-24)40-41(37)26-8-4-5-23(16-26)31-29(33)28-14-20(2)10-12-27(28)30(34)35/h3-16,32,36H,17-18H2,1-2H3,(H,31,33)(H,34,35). The largest absolute Gasteiger partial charge is 0.478 e. The highest BCUT2D eigenvalue weighted by Gasteiger charge is 2.17. The second-order valence-electron chi connectivity index (χ2n) is 9.12. The van der Waals surface area contributed by atoms with E-state index in [1.165, 1.54) is 18.2 Å². The first-order chi connectivity index (χ1) is 19.7. The topological polar surface area (TPSA) is 143 Å². The number of carbonyl (C=O) groups is 2. The number of carboxylic acids is 1. The second-order valence-corrected chi connectivity index (χ2v) is 10.2. The fourth-order valence-electron chi connectivity index (χ4n) is 3.95. The summed E-state index contributed by atoms with van der Waals surface area (Å²) in [6.45, 7) is 3.94. The minimum atomic E-state index is -1.92. The summed E-state index contributed by atoms with van der Waals surface area (Å²) in [5, 5.41) is 20.9. The SMILES string of the molecule is Cc1ccc(COO)c(CONc2cccc(OS(=O)c3cccc(NC(=O)c4cc(C)ccc4C(=O)O)c3)c2)c1. The van der Waals surface area contributed by atoms with Crippen molar-refractivity contribution in [3.05, 3.63) is 118 Å². The number of benzene rings is 4. The lowest BCUT2D eigenvalue weighted by atomic mass is 10.0. The lowest BCUT2D eigenvalue weighted by Gasteiger charge is -2.12. The molecule has 0 bridgehead atoms. The van der Waals surface area contributed by atoms with Crippen LogP contribution in [-0.2, 0) is 34.0 Å². The Morgan fingerprint density at radius 2 is 1.54 bits per heavy atom. The van der Waals surface area contributed by atoms with Crippen LogP contribution in [0.25, 0.3) is 0 Å². The fraction of sp³-hybridized carbons (Fsp3) is 0.133. The van der Waals surface area contributed by atoms with Crippen molar-refractivity contribution in [1.82, 2.24) is 0 Å². The van der Waals surface area contributed by atoms with Gasteiger partial charge in [-0.05, 0) is 67.4 Å². The highest BCUT2D eigenvalue weighted by molar-refractivity contribution is 7.80. The molecule has 0 aliphatic carbocycles. The molecule has 41 heavy (non-hydrogen) atoms. The normalized spacial score (nSPS) is 11.5. The summed E-state index contributed by atoms with van der Waals surface area (Å²) in [6, 6.07) is 23.2. The van der Waals surface area contributed by atoms with E-state index in [4.69, 9.17) is 14.3 Å². The van der Waals surface area contributed by atoms with Gasteiger partial charge in [0, 0.05) is 11.8 Å². The van der Waals surface area contributed by atoms with Crippen molar-refractivity contribution in [2.24, 2.45) is 0 Å². The quantitative estimate of drug-likeness (QED) is 0.120. The monoisotopic (exact) mass is 576 g/mol. The first kappa shape index (κ1) is 29.4. The maximum atomic E-state index is 13.0. The van der Waals surface area contributed by atoms with E-state index in [0.29, 0.717) is 17.1 Å². The number of hydrogen-bond donors (Lipinski definition) is 4. The van der Waals surface area contributed by atoms with Gasteiger partial charge < -0.3 is 14.6 Å². The minimum Gasteiger partial charge on any atom is -0.478 e. The van der Waals surface area contributed by atoms with E-state index in [1.807, 2.05) is 25.1 Å². The molecule has 4 aromatic rings. The summed E-state index contributed by atoms with van der Waals surface area (Å²) in [5.74, 6) is -1.51. The van der Waals surface area contributed by atoms with Crippen molar-refractivity contribution in [2.75, 3.05) is 10.8 Å². The van der Waals surface area contributed by atoms with Crippen LogP contribution in [0, 0.1) is 13.8 Å². The van der Waals surface area contributed by atoms with Crippen LogP contribution in [0.5, 0.6) is 5.75 Å². The van der Waals surface area contributed by atoms with E-state index in [2.05, 4.69) is 15.7 Å². The molecule has 0 saturated heterocycles. The molecular weight excluding hydrogens is 548 g/mol. The van der Waals surface area contributed by atoms with Gasteiger partial charge in [-0.3, -0.25) is 20.4 Å². The number of rotatable bonds is 12. The van der Waals surface area contributed by atoms with Crippen molar-refractivity contribution < 1.29 is 38.1 Å². The molecule has 0 radical (unpaired) electrons. The molecule has 1 unspecified atom stereocenters. The first-order valence-corrected chi connectivity index (χ1v) is 13.5. The molecule has 0 saturated carbocycles. The molecule has 212 valence electrons. The Hall–Kier alpha value is -4.55. The Morgan fingerprint density at radius 1 is 0.805 bits per heavy atom. The van der Waals surface area contributed by atoms with E-state index in [0.717, 1.165) is 22.3 Å². The molecule has 0 fully saturated rings. The third kappa shape index (κ3) is 7.99. The number of nitrogens with one attached hydrogen (secondary N) is 2. The average Bonchev–Trinajstić information content (AvgIpc) is 2.94. The van der Waals surface area contributed by atoms with Crippen LogP contribution in [0.3, 0.4) is 0 Å². The number of carboxylic acid groups (broad SMARTS) is 1. The fourth-order valence-corrected chi connectivity index (χ4v) is 4.74. The van der Waals surface area contributed by atoms with Gasteiger partial charge in [-0.25, -0.2) is 13.9 Å². The Bertz CT molecular complexity index is 1590. The van der Waals surface area contributed by atoms with Crippen molar-refractivity contribution in [3.8, 4) is 5.75 Å². The van der Waals surface area contributed by atoms with Gasteiger partial charge in [-0.1, -0.05) is 47.5 Å². The van der Waals surface area contributed by atoms with Gasteiger partial charge in [-0.15, -0.1) is 0 Å². The number of aryl methyl sites for hydroxylation is 2. The minimum absolute atomic E-state index is 0.0205. The van der Waals surface area contributed by atoms with Gasteiger partial charge in [-0.2, -0.15) is 0 Å². The molecule has 4 aromatic carbocycles. The van der Waals surface area contributed by atoms with Crippen molar-refractivity contribution in [2.45, 2.75) is 32.0 Å². The Morgan fingerprint density at radius 3 is 2.32 bits per heavy atom. The molecule has 0 aliphatic rings. The predicted molar refractivity (Wildman–Crippen MR) is 153 cm³/mol. The van der Waals surface area contributed by atoms with E-state index in [9.17, 15) is 18.9 Å². The molecule has 0 heterocycles. The van der Waals surface area contributed by atoms with Crippen LogP contribution in [0.2, 0.25) is 0 Å².